The molecular formula is C17H18O4. The Morgan fingerprint density at radius 1 is 1.14 bits per heavy atom. The lowest BCUT2D eigenvalue weighted by molar-refractivity contribution is -0.140. The van der Waals surface area contributed by atoms with Crippen LogP contribution in [0, 0.1) is 0 Å². The molecule has 0 aliphatic heterocycles. The molecule has 4 nitrogen and oxygen atoms in total. The number of methoxy groups -OCH3 is 2. The first-order chi connectivity index (χ1) is 10.2. The van der Waals surface area contributed by atoms with Gasteiger partial charge in [-0.25, -0.2) is 4.79 Å². The first-order valence-electron chi connectivity index (χ1n) is 6.64. The summed E-state index contributed by atoms with van der Waals surface area (Å²) in [5.74, 6) is 1.20. The SMILES string of the molecule is COC1=CCC(C(=O)OCc2ccc(OC)cc2)=CC=C1. The van der Waals surface area contributed by atoms with Crippen molar-refractivity contribution >= 4 is 5.97 Å². The molecule has 4 heteroatoms. The van der Waals surface area contributed by atoms with Gasteiger partial charge in [-0.3, -0.25) is 0 Å². The van der Waals surface area contributed by atoms with Gasteiger partial charge in [0.15, 0.2) is 0 Å². The van der Waals surface area contributed by atoms with E-state index in [4.69, 9.17) is 14.2 Å². The van der Waals surface area contributed by atoms with Crippen molar-refractivity contribution in [1.29, 1.82) is 0 Å². The summed E-state index contributed by atoms with van der Waals surface area (Å²) >= 11 is 0. The second kappa shape index (κ2) is 7.33. The molecule has 0 amide bonds. The molecule has 0 unspecified atom stereocenters. The average Bonchev–Trinajstić information content (AvgIpc) is 2.78. The Kier molecular flexibility index (Phi) is 5.21. The van der Waals surface area contributed by atoms with Gasteiger partial charge in [0.2, 0.25) is 0 Å². The van der Waals surface area contributed by atoms with E-state index in [0.717, 1.165) is 17.1 Å². The zero-order valence-electron chi connectivity index (χ0n) is 12.2. The molecule has 0 N–H and O–H groups in total. The molecule has 21 heavy (non-hydrogen) atoms. The highest BCUT2D eigenvalue weighted by Gasteiger charge is 2.11. The summed E-state index contributed by atoms with van der Waals surface area (Å²) in [6.45, 7) is 0.241. The fourth-order valence-electron chi connectivity index (χ4n) is 1.87. The van der Waals surface area contributed by atoms with Crippen molar-refractivity contribution in [3.63, 3.8) is 0 Å². The van der Waals surface area contributed by atoms with Crippen LogP contribution >= 0.6 is 0 Å². The molecule has 0 heterocycles. The zero-order valence-corrected chi connectivity index (χ0v) is 12.2. The largest absolute Gasteiger partial charge is 0.497 e. The van der Waals surface area contributed by atoms with Crippen molar-refractivity contribution in [2.24, 2.45) is 0 Å². The molecule has 1 aliphatic carbocycles. The molecule has 0 atom stereocenters. The Balaban J connectivity index is 1.91. The van der Waals surface area contributed by atoms with Gasteiger partial charge in [0, 0.05) is 12.0 Å². The number of benzene rings is 1. The molecule has 1 aromatic carbocycles. The summed E-state index contributed by atoms with van der Waals surface area (Å²) < 4.78 is 15.5. The van der Waals surface area contributed by atoms with Gasteiger partial charge in [0.25, 0.3) is 0 Å². The van der Waals surface area contributed by atoms with E-state index in [-0.39, 0.29) is 12.6 Å². The molecule has 0 fully saturated rings. The summed E-state index contributed by atoms with van der Waals surface area (Å²) in [7, 11) is 3.21. The normalized spacial score (nSPS) is 13.8. The van der Waals surface area contributed by atoms with Gasteiger partial charge in [0.1, 0.15) is 18.1 Å². The predicted molar refractivity (Wildman–Crippen MR) is 79.7 cm³/mol. The fourth-order valence-corrected chi connectivity index (χ4v) is 1.87. The highest BCUT2D eigenvalue weighted by Crippen LogP contribution is 2.16. The average molecular weight is 286 g/mol. The predicted octanol–water partition coefficient (Wildman–Crippen LogP) is 3.16. The summed E-state index contributed by atoms with van der Waals surface area (Å²) in [6.07, 6.45) is 7.69. The van der Waals surface area contributed by atoms with Crippen LogP contribution in [-0.4, -0.2) is 20.2 Å². The lowest BCUT2D eigenvalue weighted by Crippen LogP contribution is -2.07. The van der Waals surface area contributed by atoms with Gasteiger partial charge in [0.05, 0.1) is 14.2 Å². The molecule has 110 valence electrons. The van der Waals surface area contributed by atoms with Crippen molar-refractivity contribution in [2.75, 3.05) is 14.2 Å². The molecule has 1 aliphatic rings. The quantitative estimate of drug-likeness (QED) is 0.780. The van der Waals surface area contributed by atoms with Crippen LogP contribution in [0.1, 0.15) is 12.0 Å². The van der Waals surface area contributed by atoms with Crippen LogP contribution in [0.4, 0.5) is 0 Å². The summed E-state index contributed by atoms with van der Waals surface area (Å²) in [5.41, 5.74) is 1.52. The fraction of sp³-hybridized carbons (Fsp3) is 0.235. The van der Waals surface area contributed by atoms with Gasteiger partial charge >= 0.3 is 5.97 Å². The van der Waals surface area contributed by atoms with Crippen LogP contribution in [0.5, 0.6) is 5.75 Å². The highest BCUT2D eigenvalue weighted by molar-refractivity contribution is 5.89. The zero-order chi connectivity index (χ0) is 15.1. The second-order valence-corrected chi connectivity index (χ2v) is 4.49. The molecule has 0 bridgehead atoms. The number of hydrogen-bond acceptors (Lipinski definition) is 4. The number of ether oxygens (including phenoxy) is 3. The molecule has 0 saturated heterocycles. The van der Waals surface area contributed by atoms with Crippen molar-refractivity contribution in [1.82, 2.24) is 0 Å². The van der Waals surface area contributed by atoms with E-state index in [1.54, 1.807) is 26.4 Å². The number of allylic oxidation sites excluding steroid dienone is 4. The highest BCUT2D eigenvalue weighted by atomic mass is 16.5. The van der Waals surface area contributed by atoms with Gasteiger partial charge in [-0.1, -0.05) is 24.3 Å². The van der Waals surface area contributed by atoms with Gasteiger partial charge in [-0.05, 0) is 29.8 Å². The Hall–Kier alpha value is -2.49. The lowest BCUT2D eigenvalue weighted by atomic mass is 10.2. The number of carbonyl (C=O) groups excluding carboxylic acids is 1. The van der Waals surface area contributed by atoms with Crippen molar-refractivity contribution in [2.45, 2.75) is 13.0 Å². The van der Waals surface area contributed by atoms with E-state index in [1.807, 2.05) is 36.4 Å². The smallest absolute Gasteiger partial charge is 0.334 e. The van der Waals surface area contributed by atoms with Crippen molar-refractivity contribution in [3.05, 3.63) is 65.5 Å². The van der Waals surface area contributed by atoms with Gasteiger partial charge in [-0.2, -0.15) is 0 Å². The summed E-state index contributed by atoms with van der Waals surface area (Å²) in [6, 6.07) is 7.42. The molecule has 1 aromatic rings. The minimum atomic E-state index is -0.316. The monoisotopic (exact) mass is 286 g/mol. The molecule has 0 aromatic heterocycles. The van der Waals surface area contributed by atoms with Gasteiger partial charge < -0.3 is 14.2 Å². The molecule has 2 rings (SSSR count). The van der Waals surface area contributed by atoms with Crippen molar-refractivity contribution < 1.29 is 19.0 Å². The minimum absolute atomic E-state index is 0.241. The molecule has 0 radical (unpaired) electrons. The van der Waals surface area contributed by atoms with E-state index >= 15 is 0 Å². The van der Waals surface area contributed by atoms with Crippen LogP contribution in [0.2, 0.25) is 0 Å². The topological polar surface area (TPSA) is 44.8 Å². The number of hydrogen-bond donors (Lipinski definition) is 0. The first-order valence-corrected chi connectivity index (χ1v) is 6.64. The number of carbonyl (C=O) groups is 1. The molecular weight excluding hydrogens is 268 g/mol. The minimum Gasteiger partial charge on any atom is -0.497 e. The van der Waals surface area contributed by atoms with Crippen LogP contribution in [-0.2, 0) is 20.9 Å². The number of esters is 1. The van der Waals surface area contributed by atoms with E-state index < -0.39 is 0 Å². The van der Waals surface area contributed by atoms with E-state index in [9.17, 15) is 4.79 Å². The summed E-state index contributed by atoms with van der Waals surface area (Å²) in [5, 5.41) is 0. The maximum absolute atomic E-state index is 12.0. The molecule has 0 saturated carbocycles. The van der Waals surface area contributed by atoms with Crippen LogP contribution < -0.4 is 4.74 Å². The van der Waals surface area contributed by atoms with E-state index in [1.165, 1.54) is 0 Å². The van der Waals surface area contributed by atoms with Crippen LogP contribution in [0.15, 0.2) is 59.9 Å². The maximum atomic E-state index is 12.0. The van der Waals surface area contributed by atoms with Crippen LogP contribution in [0.3, 0.4) is 0 Å². The third kappa shape index (κ3) is 4.24. The van der Waals surface area contributed by atoms with E-state index in [2.05, 4.69) is 0 Å². The maximum Gasteiger partial charge on any atom is 0.334 e. The summed E-state index contributed by atoms with van der Waals surface area (Å²) in [4.78, 5) is 12.0. The van der Waals surface area contributed by atoms with Crippen molar-refractivity contribution in [3.8, 4) is 5.75 Å². The Labute approximate surface area is 124 Å². The Bertz CT molecular complexity index is 579. The standard InChI is InChI=1S/C17H18O4/c1-19-15-5-3-4-14(8-11-15)17(18)21-12-13-6-9-16(20-2)10-7-13/h3-7,9-11H,8,12H2,1-2H3. The lowest BCUT2D eigenvalue weighted by Gasteiger charge is -2.07. The number of rotatable bonds is 5. The van der Waals surface area contributed by atoms with Crippen LogP contribution in [0.25, 0.3) is 0 Å². The Morgan fingerprint density at radius 2 is 1.90 bits per heavy atom. The molecule has 0 spiro atoms. The third-order valence-electron chi connectivity index (χ3n) is 3.11. The Morgan fingerprint density at radius 3 is 2.57 bits per heavy atom. The van der Waals surface area contributed by atoms with Gasteiger partial charge in [-0.15, -0.1) is 0 Å². The second-order valence-electron chi connectivity index (χ2n) is 4.49. The van der Waals surface area contributed by atoms with E-state index in [0.29, 0.717) is 12.0 Å². The third-order valence-corrected chi connectivity index (χ3v) is 3.11. The first kappa shape index (κ1) is 14.9.